The van der Waals surface area contributed by atoms with Gasteiger partial charge in [0.1, 0.15) is 5.82 Å². The van der Waals surface area contributed by atoms with Crippen molar-refractivity contribution in [2.24, 2.45) is 5.92 Å². The maximum absolute atomic E-state index is 11.7. The van der Waals surface area contributed by atoms with Gasteiger partial charge in [-0.1, -0.05) is 0 Å². The topological polar surface area (TPSA) is 74.8 Å². The predicted octanol–water partition coefficient (Wildman–Crippen LogP) is 1.87. The van der Waals surface area contributed by atoms with Crippen molar-refractivity contribution in [2.75, 3.05) is 7.11 Å². The van der Waals surface area contributed by atoms with Gasteiger partial charge in [-0.05, 0) is 30.7 Å². The highest BCUT2D eigenvalue weighted by Crippen LogP contribution is 2.24. The normalized spacial score (nSPS) is 16.6. The highest BCUT2D eigenvalue weighted by Gasteiger charge is 2.27. The van der Waals surface area contributed by atoms with E-state index in [-0.39, 0.29) is 11.9 Å². The van der Waals surface area contributed by atoms with Crippen molar-refractivity contribution in [3.05, 3.63) is 48.8 Å². The molecule has 24 heavy (non-hydrogen) atoms. The Hall–Kier alpha value is -2.96. The fourth-order valence-corrected chi connectivity index (χ4v) is 2.99. The third-order valence-corrected chi connectivity index (χ3v) is 4.33. The summed E-state index contributed by atoms with van der Waals surface area (Å²) < 4.78 is 8.67. The van der Waals surface area contributed by atoms with Crippen LogP contribution in [0.4, 0.5) is 0 Å². The molecule has 0 aliphatic carbocycles. The number of hydrogen-bond donors (Lipinski definition) is 0. The van der Waals surface area contributed by atoms with Gasteiger partial charge in [-0.2, -0.15) is 5.10 Å². The number of benzene rings is 1. The lowest BCUT2D eigenvalue weighted by Crippen LogP contribution is -2.27. The van der Waals surface area contributed by atoms with Gasteiger partial charge in [-0.15, -0.1) is 0 Å². The Morgan fingerprint density at radius 2 is 2.12 bits per heavy atom. The minimum atomic E-state index is -0.171. The summed E-state index contributed by atoms with van der Waals surface area (Å²) in [6.45, 7) is 0.690. The molecular formula is C17H17N5O2. The molecule has 0 spiro atoms. The number of methoxy groups -OCH3 is 1. The summed E-state index contributed by atoms with van der Waals surface area (Å²) in [6.07, 6.45) is 6.72. The summed E-state index contributed by atoms with van der Waals surface area (Å²) in [5.41, 5.74) is 1.99. The van der Waals surface area contributed by atoms with E-state index in [0.717, 1.165) is 23.5 Å². The smallest absolute Gasteiger partial charge is 0.309 e. The van der Waals surface area contributed by atoms with Crippen molar-refractivity contribution in [2.45, 2.75) is 19.4 Å². The van der Waals surface area contributed by atoms with Crippen molar-refractivity contribution in [3.8, 4) is 17.1 Å². The Morgan fingerprint density at radius 1 is 1.29 bits per heavy atom. The molecule has 0 saturated carbocycles. The second kappa shape index (κ2) is 5.92. The Morgan fingerprint density at radius 3 is 2.83 bits per heavy atom. The van der Waals surface area contributed by atoms with Crippen molar-refractivity contribution >= 4 is 5.97 Å². The van der Waals surface area contributed by atoms with Crippen LogP contribution in [-0.4, -0.2) is 37.4 Å². The molecule has 1 aliphatic rings. The molecule has 1 unspecified atom stereocenters. The molecule has 4 rings (SSSR count). The number of rotatable bonds is 3. The van der Waals surface area contributed by atoms with E-state index < -0.39 is 0 Å². The van der Waals surface area contributed by atoms with Gasteiger partial charge in [0.25, 0.3) is 0 Å². The first kappa shape index (κ1) is 14.6. The van der Waals surface area contributed by atoms with Crippen LogP contribution in [0.3, 0.4) is 0 Å². The van der Waals surface area contributed by atoms with Crippen LogP contribution in [0.1, 0.15) is 12.2 Å². The molecule has 3 aromatic rings. The van der Waals surface area contributed by atoms with Crippen LogP contribution < -0.4 is 0 Å². The van der Waals surface area contributed by atoms with Crippen LogP contribution in [-0.2, 0) is 22.5 Å². The molecule has 0 N–H and O–H groups in total. The second-order valence-electron chi connectivity index (χ2n) is 5.80. The van der Waals surface area contributed by atoms with Crippen LogP contribution in [0.25, 0.3) is 17.1 Å². The number of hydrogen-bond acceptors (Lipinski definition) is 5. The van der Waals surface area contributed by atoms with Gasteiger partial charge in [-0.3, -0.25) is 4.79 Å². The number of imidazole rings is 1. The number of carbonyl (C=O) groups excluding carboxylic acids is 1. The summed E-state index contributed by atoms with van der Waals surface area (Å²) in [7, 11) is 1.43. The van der Waals surface area contributed by atoms with Gasteiger partial charge in [-0.25, -0.2) is 14.6 Å². The van der Waals surface area contributed by atoms with E-state index in [4.69, 9.17) is 4.74 Å². The van der Waals surface area contributed by atoms with Gasteiger partial charge in [0.2, 0.25) is 0 Å². The minimum absolute atomic E-state index is 0.122. The quantitative estimate of drug-likeness (QED) is 0.688. The van der Waals surface area contributed by atoms with Gasteiger partial charge in [0.05, 0.1) is 19.4 Å². The van der Waals surface area contributed by atoms with E-state index in [1.165, 1.54) is 7.11 Å². The number of aryl methyl sites for hydroxylation is 1. The van der Waals surface area contributed by atoms with Crippen LogP contribution in [0, 0.1) is 5.92 Å². The summed E-state index contributed by atoms with van der Waals surface area (Å²) in [5.74, 6) is 1.23. The zero-order valence-electron chi connectivity index (χ0n) is 13.3. The van der Waals surface area contributed by atoms with Crippen molar-refractivity contribution in [1.29, 1.82) is 0 Å². The summed E-state index contributed by atoms with van der Waals surface area (Å²) in [5, 5.41) is 4.57. The highest BCUT2D eigenvalue weighted by molar-refractivity contribution is 5.72. The summed E-state index contributed by atoms with van der Waals surface area (Å²) in [4.78, 5) is 20.4. The molecule has 0 bridgehead atoms. The van der Waals surface area contributed by atoms with Gasteiger partial charge in [0, 0.05) is 36.6 Å². The molecule has 0 radical (unpaired) electrons. The molecule has 1 atom stereocenters. The van der Waals surface area contributed by atoms with Crippen molar-refractivity contribution in [3.63, 3.8) is 0 Å². The lowest BCUT2D eigenvalue weighted by molar-refractivity contribution is -0.146. The number of fused-ring (bicyclic) bond motifs is 1. The molecular weight excluding hydrogens is 306 g/mol. The first-order valence-corrected chi connectivity index (χ1v) is 7.85. The van der Waals surface area contributed by atoms with Crippen molar-refractivity contribution < 1.29 is 9.53 Å². The third-order valence-electron chi connectivity index (χ3n) is 4.33. The maximum atomic E-state index is 11.7. The van der Waals surface area contributed by atoms with E-state index in [1.807, 2.05) is 39.7 Å². The molecule has 122 valence electrons. The molecule has 1 aliphatic heterocycles. The first-order chi connectivity index (χ1) is 11.7. The molecule has 7 heteroatoms. The summed E-state index contributed by atoms with van der Waals surface area (Å²) in [6, 6.07) is 8.01. The Bertz CT molecular complexity index is 852. The number of carbonyl (C=O) groups is 1. The number of ether oxygens (including phenoxy) is 1. The third kappa shape index (κ3) is 2.58. The molecule has 3 heterocycles. The van der Waals surface area contributed by atoms with Crippen LogP contribution >= 0.6 is 0 Å². The number of esters is 1. The lowest BCUT2D eigenvalue weighted by Gasteiger charge is -2.19. The average Bonchev–Trinajstić information content (AvgIpc) is 3.30. The fraction of sp³-hybridized carbons (Fsp3) is 0.294. The van der Waals surface area contributed by atoms with E-state index in [2.05, 4.69) is 15.1 Å². The van der Waals surface area contributed by atoms with Gasteiger partial charge in [0.15, 0.2) is 5.82 Å². The molecule has 0 amide bonds. The second-order valence-corrected chi connectivity index (χ2v) is 5.80. The van der Waals surface area contributed by atoms with E-state index >= 15 is 0 Å². The molecule has 2 aromatic heterocycles. The Balaban J connectivity index is 1.58. The monoisotopic (exact) mass is 323 g/mol. The molecule has 0 fully saturated rings. The van der Waals surface area contributed by atoms with Crippen LogP contribution in [0.15, 0.2) is 43.0 Å². The van der Waals surface area contributed by atoms with Crippen LogP contribution in [0.2, 0.25) is 0 Å². The molecule has 7 nitrogen and oxygen atoms in total. The Kier molecular flexibility index (Phi) is 3.60. The van der Waals surface area contributed by atoms with E-state index in [0.29, 0.717) is 18.8 Å². The lowest BCUT2D eigenvalue weighted by atomic mass is 9.98. The first-order valence-electron chi connectivity index (χ1n) is 7.85. The summed E-state index contributed by atoms with van der Waals surface area (Å²) >= 11 is 0. The van der Waals surface area contributed by atoms with Crippen LogP contribution in [0.5, 0.6) is 0 Å². The predicted molar refractivity (Wildman–Crippen MR) is 86.4 cm³/mol. The molecule has 1 aromatic carbocycles. The zero-order chi connectivity index (χ0) is 16.5. The fourth-order valence-electron chi connectivity index (χ4n) is 2.99. The molecule has 0 saturated heterocycles. The highest BCUT2D eigenvalue weighted by atomic mass is 16.5. The average molecular weight is 323 g/mol. The van der Waals surface area contributed by atoms with Crippen molar-refractivity contribution in [1.82, 2.24) is 24.3 Å². The maximum Gasteiger partial charge on any atom is 0.309 e. The minimum Gasteiger partial charge on any atom is -0.469 e. The number of nitrogens with zero attached hydrogens (tertiary/aromatic N) is 5. The zero-order valence-corrected chi connectivity index (χ0v) is 13.3. The van der Waals surface area contributed by atoms with E-state index in [9.17, 15) is 4.79 Å². The SMILES string of the molecule is COC(=O)C1CCn2nc(-c3ccc(-n4ccnc4)cc3)nc2C1. The number of aromatic nitrogens is 5. The van der Waals surface area contributed by atoms with Gasteiger partial charge >= 0.3 is 5.97 Å². The van der Waals surface area contributed by atoms with E-state index in [1.54, 1.807) is 12.5 Å². The van der Waals surface area contributed by atoms with Gasteiger partial charge < -0.3 is 9.30 Å². The largest absolute Gasteiger partial charge is 0.469 e. The standard InChI is InChI=1S/C17H17N5O2/c1-24-17(23)13-6-8-22-15(10-13)19-16(20-22)12-2-4-14(5-3-12)21-9-7-18-11-21/h2-5,7,9,11,13H,6,8,10H2,1H3. The Labute approximate surface area is 138 Å².